The summed E-state index contributed by atoms with van der Waals surface area (Å²) in [4.78, 5) is 55.5. The number of hydrogen-bond acceptors (Lipinski definition) is 6. The minimum absolute atomic E-state index is 0.0661. The molecule has 0 saturated heterocycles. The number of anilines is 1. The molecule has 1 N–H and O–H groups in total. The van der Waals surface area contributed by atoms with Crippen LogP contribution in [0.1, 0.15) is 54.4 Å². The van der Waals surface area contributed by atoms with Crippen LogP contribution in [-0.4, -0.2) is 39.9 Å². The second-order valence-electron chi connectivity index (χ2n) is 7.53. The average Bonchev–Trinajstić information content (AvgIpc) is 3.33. The summed E-state index contributed by atoms with van der Waals surface area (Å²) in [5.74, 6) is -0.948. The molecule has 1 aliphatic rings. The molecule has 1 aromatic heterocycles. The maximum Gasteiger partial charge on any atom is 0.261 e. The molecule has 1 aliphatic heterocycles. The number of aromatic nitrogens is 1. The lowest BCUT2D eigenvalue weighted by Crippen LogP contribution is -2.31. The smallest absolute Gasteiger partial charge is 0.261 e. The first-order chi connectivity index (χ1) is 15.4. The SMILES string of the molecule is Cc1ccc(C(=O)CCC(=O)Nc2ncc(CCN3C(=O)c4ccccc4C3=O)s2)cc1. The Morgan fingerprint density at radius 2 is 1.62 bits per heavy atom. The number of thiazole rings is 1. The highest BCUT2D eigenvalue weighted by atomic mass is 32.1. The van der Waals surface area contributed by atoms with E-state index in [2.05, 4.69) is 10.3 Å². The number of Topliss-reactive ketones (excluding diaryl/α,β-unsaturated/α-hetero) is 1. The molecule has 4 rings (SSSR count). The number of ketones is 1. The topological polar surface area (TPSA) is 96.4 Å². The number of aryl methyl sites for hydroxylation is 1. The normalized spacial score (nSPS) is 12.7. The van der Waals surface area contributed by atoms with Crippen LogP contribution in [0.4, 0.5) is 5.13 Å². The van der Waals surface area contributed by atoms with Crippen LogP contribution in [0.25, 0.3) is 0 Å². The number of benzene rings is 2. The monoisotopic (exact) mass is 447 g/mol. The highest BCUT2D eigenvalue weighted by molar-refractivity contribution is 7.15. The summed E-state index contributed by atoms with van der Waals surface area (Å²) in [7, 11) is 0. The van der Waals surface area contributed by atoms with Crippen molar-refractivity contribution in [3.8, 4) is 0 Å². The van der Waals surface area contributed by atoms with Crippen molar-refractivity contribution in [1.82, 2.24) is 9.88 Å². The minimum atomic E-state index is -0.290. The number of nitrogens with zero attached hydrogens (tertiary/aromatic N) is 2. The van der Waals surface area contributed by atoms with Crippen LogP contribution in [0.15, 0.2) is 54.7 Å². The molecule has 3 aromatic rings. The molecule has 8 heteroatoms. The van der Waals surface area contributed by atoms with Gasteiger partial charge >= 0.3 is 0 Å². The Morgan fingerprint density at radius 1 is 0.969 bits per heavy atom. The Bertz CT molecular complexity index is 1160. The Balaban J connectivity index is 1.26. The summed E-state index contributed by atoms with van der Waals surface area (Å²) in [5, 5.41) is 3.13. The number of hydrogen-bond donors (Lipinski definition) is 1. The predicted molar refractivity (Wildman–Crippen MR) is 121 cm³/mol. The molecule has 0 fully saturated rings. The maximum absolute atomic E-state index is 12.4. The lowest BCUT2D eigenvalue weighted by atomic mass is 10.1. The highest BCUT2D eigenvalue weighted by Crippen LogP contribution is 2.24. The van der Waals surface area contributed by atoms with E-state index in [9.17, 15) is 19.2 Å². The fourth-order valence-corrected chi connectivity index (χ4v) is 4.26. The molecule has 2 aromatic carbocycles. The Labute approximate surface area is 189 Å². The standard InChI is InChI=1S/C24H21N3O4S/c1-15-6-8-16(9-7-15)20(28)10-11-21(29)26-24-25-14-17(32-24)12-13-27-22(30)18-4-2-3-5-19(18)23(27)31/h2-9,14H,10-13H2,1H3,(H,25,26,29). The molecule has 162 valence electrons. The summed E-state index contributed by atoms with van der Waals surface area (Å²) >= 11 is 1.29. The number of carbonyl (C=O) groups is 4. The summed E-state index contributed by atoms with van der Waals surface area (Å²) < 4.78 is 0. The molecular formula is C24H21N3O4S. The fraction of sp³-hybridized carbons (Fsp3) is 0.208. The van der Waals surface area contributed by atoms with Crippen molar-refractivity contribution in [3.63, 3.8) is 0 Å². The molecule has 7 nitrogen and oxygen atoms in total. The van der Waals surface area contributed by atoms with Crippen LogP contribution in [-0.2, 0) is 11.2 Å². The molecule has 0 unspecified atom stereocenters. The molecule has 32 heavy (non-hydrogen) atoms. The summed E-state index contributed by atoms with van der Waals surface area (Å²) in [6, 6.07) is 14.0. The largest absolute Gasteiger partial charge is 0.302 e. The lowest BCUT2D eigenvalue weighted by Gasteiger charge is -2.12. The van der Waals surface area contributed by atoms with Crippen molar-refractivity contribution in [2.24, 2.45) is 0 Å². The van der Waals surface area contributed by atoms with Gasteiger partial charge in [-0.05, 0) is 19.1 Å². The second-order valence-corrected chi connectivity index (χ2v) is 8.64. The van der Waals surface area contributed by atoms with Crippen LogP contribution in [0, 0.1) is 6.92 Å². The molecule has 3 amide bonds. The zero-order valence-corrected chi connectivity index (χ0v) is 18.3. The fourth-order valence-electron chi connectivity index (χ4n) is 3.44. The molecular weight excluding hydrogens is 426 g/mol. The number of rotatable bonds is 8. The van der Waals surface area contributed by atoms with Crippen molar-refractivity contribution in [1.29, 1.82) is 0 Å². The second kappa shape index (κ2) is 9.23. The third-order valence-corrected chi connectivity index (χ3v) is 6.19. The third-order valence-electron chi connectivity index (χ3n) is 5.21. The maximum atomic E-state index is 12.4. The van der Waals surface area contributed by atoms with Gasteiger partial charge in [-0.3, -0.25) is 24.1 Å². The van der Waals surface area contributed by atoms with Crippen LogP contribution in [0.2, 0.25) is 0 Å². The highest BCUT2D eigenvalue weighted by Gasteiger charge is 2.34. The first-order valence-corrected chi connectivity index (χ1v) is 11.0. The zero-order valence-electron chi connectivity index (χ0n) is 17.5. The van der Waals surface area contributed by atoms with Gasteiger partial charge in [0.2, 0.25) is 5.91 Å². The van der Waals surface area contributed by atoms with Gasteiger partial charge in [0.25, 0.3) is 11.8 Å². The molecule has 0 atom stereocenters. The van der Waals surface area contributed by atoms with E-state index in [0.717, 1.165) is 10.4 Å². The predicted octanol–water partition coefficient (Wildman–Crippen LogP) is 3.89. The van der Waals surface area contributed by atoms with Crippen molar-refractivity contribution < 1.29 is 19.2 Å². The van der Waals surface area contributed by atoms with Crippen LogP contribution in [0.3, 0.4) is 0 Å². The summed E-state index contributed by atoms with van der Waals surface area (Å²) in [6.45, 7) is 2.19. The molecule has 2 heterocycles. The van der Waals surface area contributed by atoms with Crippen molar-refractivity contribution in [2.75, 3.05) is 11.9 Å². The van der Waals surface area contributed by atoms with E-state index in [-0.39, 0.29) is 42.9 Å². The molecule has 0 bridgehead atoms. The van der Waals surface area contributed by atoms with Gasteiger partial charge in [-0.25, -0.2) is 4.98 Å². The van der Waals surface area contributed by atoms with Crippen LogP contribution >= 0.6 is 11.3 Å². The first kappa shape index (κ1) is 21.6. The van der Waals surface area contributed by atoms with Crippen LogP contribution in [0.5, 0.6) is 0 Å². The summed E-state index contributed by atoms with van der Waals surface area (Å²) in [5.41, 5.74) is 2.51. The van der Waals surface area contributed by atoms with Gasteiger partial charge in [-0.2, -0.15) is 0 Å². The molecule has 0 spiro atoms. The van der Waals surface area contributed by atoms with Crippen molar-refractivity contribution >= 4 is 40.0 Å². The van der Waals surface area contributed by atoms with Crippen molar-refractivity contribution in [2.45, 2.75) is 26.2 Å². The molecule has 0 aliphatic carbocycles. The lowest BCUT2D eigenvalue weighted by molar-refractivity contribution is -0.116. The van der Waals surface area contributed by atoms with Gasteiger partial charge in [0.15, 0.2) is 10.9 Å². The minimum Gasteiger partial charge on any atom is -0.302 e. The van der Waals surface area contributed by atoms with E-state index in [1.807, 2.05) is 19.1 Å². The van der Waals surface area contributed by atoms with E-state index in [1.54, 1.807) is 42.6 Å². The van der Waals surface area contributed by atoms with Crippen LogP contribution < -0.4 is 5.32 Å². The Kier molecular flexibility index (Phi) is 6.23. The molecule has 0 radical (unpaired) electrons. The Morgan fingerprint density at radius 3 is 2.28 bits per heavy atom. The van der Waals surface area contributed by atoms with Gasteiger partial charge < -0.3 is 5.32 Å². The number of amides is 3. The van der Waals surface area contributed by atoms with E-state index in [0.29, 0.717) is 28.2 Å². The zero-order chi connectivity index (χ0) is 22.7. The van der Waals surface area contributed by atoms with Gasteiger partial charge in [-0.1, -0.05) is 42.0 Å². The third kappa shape index (κ3) is 4.65. The number of carbonyl (C=O) groups excluding carboxylic acids is 4. The van der Waals surface area contributed by atoms with E-state index >= 15 is 0 Å². The van der Waals surface area contributed by atoms with Gasteiger partial charge in [-0.15, -0.1) is 11.3 Å². The van der Waals surface area contributed by atoms with Gasteiger partial charge in [0.05, 0.1) is 11.1 Å². The number of imide groups is 1. The molecule has 0 saturated carbocycles. The number of fused-ring (bicyclic) bond motifs is 1. The van der Waals surface area contributed by atoms with Gasteiger partial charge in [0.1, 0.15) is 0 Å². The quantitative estimate of drug-likeness (QED) is 0.417. The van der Waals surface area contributed by atoms with E-state index < -0.39 is 0 Å². The first-order valence-electron chi connectivity index (χ1n) is 10.2. The average molecular weight is 448 g/mol. The number of nitrogens with one attached hydrogen (secondary N) is 1. The van der Waals surface area contributed by atoms with E-state index in [1.165, 1.54) is 16.2 Å². The van der Waals surface area contributed by atoms with Gasteiger partial charge in [0, 0.05) is 42.4 Å². The summed E-state index contributed by atoms with van der Waals surface area (Å²) in [6.07, 6.45) is 2.25. The Hall–Kier alpha value is -3.65. The van der Waals surface area contributed by atoms with E-state index in [4.69, 9.17) is 0 Å². The van der Waals surface area contributed by atoms with Crippen molar-refractivity contribution in [3.05, 3.63) is 81.9 Å².